The van der Waals surface area contributed by atoms with Gasteiger partial charge in [0.1, 0.15) is 0 Å². The fourth-order valence-corrected chi connectivity index (χ4v) is 3.30. The normalized spacial score (nSPS) is 14.7. The molecule has 0 aromatic carbocycles. The molecule has 0 fully saturated rings. The molecule has 0 saturated heterocycles. The van der Waals surface area contributed by atoms with Gasteiger partial charge < -0.3 is 18.9 Å². The number of hydrogen-bond donors (Lipinski definition) is 0. The fourth-order valence-electron chi connectivity index (χ4n) is 2.83. The van der Waals surface area contributed by atoms with E-state index in [4.69, 9.17) is 0 Å². The minimum atomic E-state index is -6.73. The molecule has 0 heterocycles. The number of unbranched alkanes of at least 4 members (excludes halogenated alkanes) is 3. The van der Waals surface area contributed by atoms with Crippen LogP contribution >= 0.6 is 0 Å². The maximum Gasteiger partial charge on any atom is 0.466 e. The van der Waals surface area contributed by atoms with E-state index in [-0.39, 0.29) is 13.1 Å². The zero-order valence-corrected chi connectivity index (χ0v) is 21.5. The summed E-state index contributed by atoms with van der Waals surface area (Å²) >= 11 is 0. The Balaban J connectivity index is 5.96. The highest BCUT2D eigenvalue weighted by Crippen LogP contribution is 2.42. The van der Waals surface area contributed by atoms with Gasteiger partial charge in [-0.15, -0.1) is 0 Å². The Hall–Kier alpha value is -1.94. The Bertz CT molecular complexity index is 886. The average Bonchev–Trinajstić information content (AvgIpc) is 2.75. The standard InChI is InChI=1S/C21H32F7NO7S/c1-5-7-12-29(13-8-6-2)17(31)19(20(24,25)26,36-16(30)15(3)4)35-14-10-9-11-18(22,23)21(27,28)37(32,33)34/h3,5-14H2,1-2,4H3,(H,32,33,34)/p-1. The van der Waals surface area contributed by atoms with Crippen LogP contribution in [0.1, 0.15) is 65.7 Å². The number of halogens is 7. The molecule has 0 spiro atoms. The van der Waals surface area contributed by atoms with Crippen molar-refractivity contribution in [3.63, 3.8) is 0 Å². The monoisotopic (exact) mass is 574 g/mol. The summed E-state index contributed by atoms with van der Waals surface area (Å²) in [6, 6.07) is 0. The van der Waals surface area contributed by atoms with Gasteiger partial charge in [-0.1, -0.05) is 33.3 Å². The topological polar surface area (TPSA) is 113 Å². The van der Waals surface area contributed by atoms with Crippen LogP contribution in [0.4, 0.5) is 30.7 Å². The first-order valence-electron chi connectivity index (χ1n) is 11.3. The highest BCUT2D eigenvalue weighted by atomic mass is 32.2. The molecule has 0 rings (SSSR count). The van der Waals surface area contributed by atoms with Crippen molar-refractivity contribution in [2.45, 2.75) is 88.9 Å². The molecule has 218 valence electrons. The van der Waals surface area contributed by atoms with Crippen molar-refractivity contribution in [2.75, 3.05) is 19.7 Å². The number of hydrogen-bond acceptors (Lipinski definition) is 7. The molecule has 1 unspecified atom stereocenters. The highest BCUT2D eigenvalue weighted by Gasteiger charge is 2.67. The van der Waals surface area contributed by atoms with Crippen LogP contribution in [0.15, 0.2) is 12.2 Å². The quantitative estimate of drug-likeness (QED) is 0.0615. The van der Waals surface area contributed by atoms with Crippen LogP contribution < -0.4 is 0 Å². The van der Waals surface area contributed by atoms with Gasteiger partial charge in [-0.25, -0.2) is 13.2 Å². The Morgan fingerprint density at radius 2 is 1.41 bits per heavy atom. The molecule has 0 aliphatic carbocycles. The van der Waals surface area contributed by atoms with Crippen LogP contribution in [0.2, 0.25) is 0 Å². The van der Waals surface area contributed by atoms with Gasteiger partial charge in [0.25, 0.3) is 0 Å². The molecule has 0 aromatic heterocycles. The summed E-state index contributed by atoms with van der Waals surface area (Å²) in [5, 5.41) is -5.96. The number of nitrogens with zero attached hydrogens (tertiary/aromatic N) is 1. The smallest absolute Gasteiger partial charge is 0.466 e. The molecular formula is C21H31F7NO7S-. The Morgan fingerprint density at radius 1 is 0.919 bits per heavy atom. The molecule has 0 aromatic rings. The van der Waals surface area contributed by atoms with E-state index in [9.17, 15) is 53.3 Å². The second kappa shape index (κ2) is 13.7. The molecular weight excluding hydrogens is 543 g/mol. The van der Waals surface area contributed by atoms with Crippen molar-refractivity contribution < 1.29 is 62.8 Å². The van der Waals surface area contributed by atoms with Crippen molar-refractivity contribution in [3.8, 4) is 0 Å². The molecule has 0 radical (unpaired) electrons. The van der Waals surface area contributed by atoms with E-state index in [0.29, 0.717) is 25.7 Å². The van der Waals surface area contributed by atoms with Gasteiger partial charge in [0.05, 0.1) is 6.61 Å². The first-order chi connectivity index (χ1) is 16.7. The molecule has 0 aliphatic heterocycles. The number of alkyl halides is 7. The lowest BCUT2D eigenvalue weighted by Gasteiger charge is -2.37. The van der Waals surface area contributed by atoms with Crippen LogP contribution in [0.3, 0.4) is 0 Å². The SMILES string of the molecule is C=C(C)C(=O)OC(OCCCCC(F)(F)C(F)(F)S(=O)(=O)[O-])(C(=O)N(CCCC)CCCC)C(F)(F)F. The van der Waals surface area contributed by atoms with E-state index in [2.05, 4.69) is 16.1 Å². The fraction of sp³-hybridized carbons (Fsp3) is 0.810. The molecule has 1 amide bonds. The molecule has 37 heavy (non-hydrogen) atoms. The van der Waals surface area contributed by atoms with Gasteiger partial charge in [-0.2, -0.15) is 30.7 Å². The lowest BCUT2D eigenvalue weighted by Crippen LogP contribution is -2.62. The van der Waals surface area contributed by atoms with E-state index >= 15 is 0 Å². The summed E-state index contributed by atoms with van der Waals surface area (Å²) in [7, 11) is -6.73. The summed E-state index contributed by atoms with van der Waals surface area (Å²) in [6.45, 7) is 6.11. The second-order valence-corrected chi connectivity index (χ2v) is 9.69. The van der Waals surface area contributed by atoms with Crippen LogP contribution in [0.25, 0.3) is 0 Å². The Labute approximate surface area is 210 Å². The van der Waals surface area contributed by atoms with Gasteiger partial charge in [0, 0.05) is 25.1 Å². The number of ether oxygens (including phenoxy) is 2. The summed E-state index contributed by atoms with van der Waals surface area (Å²) in [4.78, 5) is 25.9. The number of rotatable bonds is 17. The van der Waals surface area contributed by atoms with E-state index in [0.717, 1.165) is 11.8 Å². The molecule has 16 heteroatoms. The van der Waals surface area contributed by atoms with E-state index in [1.165, 1.54) is 0 Å². The number of amides is 1. The van der Waals surface area contributed by atoms with E-state index in [1.807, 2.05) is 0 Å². The summed E-state index contributed by atoms with van der Waals surface area (Å²) in [6.07, 6.45) is -7.83. The van der Waals surface area contributed by atoms with Crippen LogP contribution in [0.5, 0.6) is 0 Å². The third kappa shape index (κ3) is 9.09. The maximum absolute atomic E-state index is 14.2. The zero-order valence-electron chi connectivity index (χ0n) is 20.6. The minimum Gasteiger partial charge on any atom is -0.743 e. The predicted octanol–water partition coefficient (Wildman–Crippen LogP) is 4.75. The number of esters is 1. The number of carbonyl (C=O) groups excluding carboxylic acids is 2. The molecule has 0 N–H and O–H groups in total. The highest BCUT2D eigenvalue weighted by molar-refractivity contribution is 7.86. The minimum absolute atomic E-state index is 0.147. The molecule has 8 nitrogen and oxygen atoms in total. The first kappa shape index (κ1) is 35.1. The van der Waals surface area contributed by atoms with Crippen molar-refractivity contribution >= 4 is 22.0 Å². The van der Waals surface area contributed by atoms with E-state index in [1.54, 1.807) is 13.8 Å². The second-order valence-electron chi connectivity index (χ2n) is 8.26. The predicted molar refractivity (Wildman–Crippen MR) is 115 cm³/mol. The van der Waals surface area contributed by atoms with Crippen molar-refractivity contribution in [2.24, 2.45) is 0 Å². The van der Waals surface area contributed by atoms with Gasteiger partial charge in [0.15, 0.2) is 10.1 Å². The van der Waals surface area contributed by atoms with Crippen LogP contribution in [-0.4, -0.2) is 72.6 Å². The van der Waals surface area contributed by atoms with Gasteiger partial charge in [-0.05, 0) is 32.6 Å². The number of carbonyl (C=O) groups is 2. The third-order valence-electron chi connectivity index (χ3n) is 5.02. The summed E-state index contributed by atoms with van der Waals surface area (Å²) < 4.78 is 137. The average molecular weight is 575 g/mol. The Morgan fingerprint density at radius 3 is 1.78 bits per heavy atom. The van der Waals surface area contributed by atoms with E-state index < -0.39 is 76.6 Å². The first-order valence-corrected chi connectivity index (χ1v) is 12.7. The largest absolute Gasteiger partial charge is 0.743 e. The van der Waals surface area contributed by atoms with Gasteiger partial charge in [-0.3, -0.25) is 4.79 Å². The lowest BCUT2D eigenvalue weighted by molar-refractivity contribution is -0.350. The summed E-state index contributed by atoms with van der Waals surface area (Å²) in [5.41, 5.74) is -0.514. The van der Waals surface area contributed by atoms with Crippen LogP contribution in [-0.2, 0) is 29.2 Å². The third-order valence-corrected chi connectivity index (χ3v) is 5.95. The van der Waals surface area contributed by atoms with Crippen molar-refractivity contribution in [3.05, 3.63) is 12.2 Å². The van der Waals surface area contributed by atoms with Crippen molar-refractivity contribution in [1.82, 2.24) is 4.90 Å². The maximum atomic E-state index is 14.2. The lowest BCUT2D eigenvalue weighted by atomic mass is 10.1. The molecule has 1 atom stereocenters. The molecule has 0 bridgehead atoms. The van der Waals surface area contributed by atoms with Crippen LogP contribution in [0, 0.1) is 0 Å². The molecule has 0 saturated carbocycles. The van der Waals surface area contributed by atoms with Gasteiger partial charge >= 0.3 is 35.0 Å². The Kier molecular flexibility index (Phi) is 13.0. The molecule has 0 aliphatic rings. The zero-order chi connectivity index (χ0) is 29.3. The van der Waals surface area contributed by atoms with Gasteiger partial charge in [0.2, 0.25) is 0 Å². The van der Waals surface area contributed by atoms with Crippen molar-refractivity contribution in [1.29, 1.82) is 0 Å². The summed E-state index contributed by atoms with van der Waals surface area (Å²) in [5.74, 6) is -12.9.